The average molecular weight is 279 g/mol. The number of hydrogen-bond acceptors (Lipinski definition) is 3. The summed E-state index contributed by atoms with van der Waals surface area (Å²) in [5.74, 6) is 1.34. The lowest BCUT2D eigenvalue weighted by atomic mass is 9.89. The molecule has 0 bridgehead atoms. The summed E-state index contributed by atoms with van der Waals surface area (Å²) in [5.41, 5.74) is 0.0605. The molecule has 0 atom stereocenters. The molecular weight excluding hydrogens is 254 g/mol. The van der Waals surface area contributed by atoms with E-state index < -0.39 is 11.0 Å². The molecule has 1 rings (SSSR count). The summed E-state index contributed by atoms with van der Waals surface area (Å²) in [6, 6.07) is 5.67. The summed E-state index contributed by atoms with van der Waals surface area (Å²) < 4.78 is 10.5. The van der Waals surface area contributed by atoms with Gasteiger partial charge in [0.15, 0.2) is 11.5 Å². The van der Waals surface area contributed by atoms with Crippen LogP contribution in [0.5, 0.6) is 11.5 Å². The van der Waals surface area contributed by atoms with Gasteiger partial charge in [-0.2, -0.15) is 0 Å². The molecule has 0 spiro atoms. The summed E-state index contributed by atoms with van der Waals surface area (Å²) >= 11 is 0. The minimum Gasteiger partial charge on any atom is -0.493 e. The van der Waals surface area contributed by atoms with Gasteiger partial charge in [0.1, 0.15) is 0 Å². The fraction of sp³-hybridized carbons (Fsp3) is 0.562. The SMILES string of the molecule is COc1ccc(C(C)(C)NC(=O)C(C)(C)C)cc1OC. The van der Waals surface area contributed by atoms with E-state index in [0.29, 0.717) is 11.5 Å². The van der Waals surface area contributed by atoms with Crippen molar-refractivity contribution in [2.75, 3.05) is 14.2 Å². The lowest BCUT2D eigenvalue weighted by Crippen LogP contribution is -2.46. The van der Waals surface area contributed by atoms with Crippen LogP contribution in [0.4, 0.5) is 0 Å². The van der Waals surface area contributed by atoms with Crippen molar-refractivity contribution < 1.29 is 14.3 Å². The standard InChI is InChI=1S/C16H25NO3/c1-15(2,3)14(18)17-16(4,5)11-8-9-12(19-6)13(10-11)20-7/h8-10H,1-7H3,(H,17,18). The van der Waals surface area contributed by atoms with Crippen molar-refractivity contribution in [2.45, 2.75) is 40.2 Å². The molecule has 4 nitrogen and oxygen atoms in total. The highest BCUT2D eigenvalue weighted by atomic mass is 16.5. The molecule has 0 aliphatic heterocycles. The van der Waals surface area contributed by atoms with Crippen LogP contribution in [0.15, 0.2) is 18.2 Å². The van der Waals surface area contributed by atoms with E-state index in [1.54, 1.807) is 14.2 Å². The van der Waals surface area contributed by atoms with Gasteiger partial charge in [0.05, 0.1) is 19.8 Å². The zero-order valence-corrected chi connectivity index (χ0v) is 13.5. The van der Waals surface area contributed by atoms with Crippen LogP contribution in [0.25, 0.3) is 0 Å². The molecule has 0 aliphatic carbocycles. The van der Waals surface area contributed by atoms with Crippen molar-refractivity contribution in [2.24, 2.45) is 5.41 Å². The molecule has 1 N–H and O–H groups in total. The largest absolute Gasteiger partial charge is 0.493 e. The van der Waals surface area contributed by atoms with Gasteiger partial charge >= 0.3 is 0 Å². The van der Waals surface area contributed by atoms with Crippen LogP contribution in [0.1, 0.15) is 40.2 Å². The number of methoxy groups -OCH3 is 2. The lowest BCUT2D eigenvalue weighted by Gasteiger charge is -2.31. The van der Waals surface area contributed by atoms with Gasteiger partial charge in [-0.3, -0.25) is 4.79 Å². The van der Waals surface area contributed by atoms with E-state index in [1.807, 2.05) is 52.8 Å². The first-order chi connectivity index (χ1) is 9.11. The van der Waals surface area contributed by atoms with E-state index in [1.165, 1.54) is 0 Å². The average Bonchev–Trinajstić information content (AvgIpc) is 2.36. The van der Waals surface area contributed by atoms with Gasteiger partial charge in [0.2, 0.25) is 5.91 Å². The Morgan fingerprint density at radius 2 is 1.55 bits per heavy atom. The van der Waals surface area contributed by atoms with Gasteiger partial charge in [-0.05, 0) is 31.5 Å². The van der Waals surface area contributed by atoms with Gasteiger partial charge in [0, 0.05) is 5.41 Å². The number of carbonyl (C=O) groups is 1. The maximum atomic E-state index is 12.2. The monoisotopic (exact) mass is 279 g/mol. The second kappa shape index (κ2) is 5.73. The number of rotatable bonds is 4. The van der Waals surface area contributed by atoms with Crippen LogP contribution in [0, 0.1) is 5.41 Å². The van der Waals surface area contributed by atoms with Crippen molar-refractivity contribution in [1.29, 1.82) is 0 Å². The van der Waals surface area contributed by atoms with Crippen molar-refractivity contribution in [3.63, 3.8) is 0 Å². The third kappa shape index (κ3) is 3.65. The first-order valence-corrected chi connectivity index (χ1v) is 6.67. The number of nitrogens with one attached hydrogen (secondary N) is 1. The van der Waals surface area contributed by atoms with Crippen molar-refractivity contribution in [1.82, 2.24) is 5.32 Å². The molecule has 1 amide bonds. The molecule has 1 aromatic rings. The summed E-state index contributed by atoms with van der Waals surface area (Å²) in [7, 11) is 3.20. The molecule has 0 fully saturated rings. The number of amides is 1. The molecule has 20 heavy (non-hydrogen) atoms. The van der Waals surface area contributed by atoms with E-state index in [9.17, 15) is 4.79 Å². The molecule has 0 radical (unpaired) electrons. The van der Waals surface area contributed by atoms with Gasteiger partial charge in [-0.25, -0.2) is 0 Å². The second-order valence-electron chi connectivity index (χ2n) is 6.40. The molecule has 4 heteroatoms. The number of benzene rings is 1. The third-order valence-corrected chi connectivity index (χ3v) is 3.21. The van der Waals surface area contributed by atoms with Crippen LogP contribution in [-0.2, 0) is 10.3 Å². The number of ether oxygens (including phenoxy) is 2. The molecule has 0 saturated heterocycles. The van der Waals surface area contributed by atoms with Crippen LogP contribution in [-0.4, -0.2) is 20.1 Å². The van der Waals surface area contributed by atoms with E-state index in [-0.39, 0.29) is 5.91 Å². The maximum absolute atomic E-state index is 12.2. The molecule has 0 saturated carbocycles. The Balaban J connectivity index is 3.06. The maximum Gasteiger partial charge on any atom is 0.226 e. The second-order valence-corrected chi connectivity index (χ2v) is 6.40. The third-order valence-electron chi connectivity index (χ3n) is 3.21. The Kier molecular flexibility index (Phi) is 4.69. The van der Waals surface area contributed by atoms with E-state index in [0.717, 1.165) is 5.56 Å². The summed E-state index contributed by atoms with van der Waals surface area (Å²) in [6.45, 7) is 9.63. The Morgan fingerprint density at radius 3 is 2.00 bits per heavy atom. The summed E-state index contributed by atoms with van der Waals surface area (Å²) in [4.78, 5) is 12.2. The Labute approximate surface area is 121 Å². The predicted molar refractivity (Wildman–Crippen MR) is 80.2 cm³/mol. The van der Waals surface area contributed by atoms with Gasteiger partial charge in [-0.1, -0.05) is 26.8 Å². The molecule has 0 unspecified atom stereocenters. The quantitative estimate of drug-likeness (QED) is 0.921. The normalized spacial score (nSPS) is 11.9. The topological polar surface area (TPSA) is 47.6 Å². The van der Waals surface area contributed by atoms with E-state index in [2.05, 4.69) is 5.32 Å². The Hall–Kier alpha value is -1.71. The molecule has 1 aromatic carbocycles. The first-order valence-electron chi connectivity index (χ1n) is 6.67. The smallest absolute Gasteiger partial charge is 0.226 e. The van der Waals surface area contributed by atoms with Crippen LogP contribution in [0.3, 0.4) is 0 Å². The minimum absolute atomic E-state index is 0.0114. The lowest BCUT2D eigenvalue weighted by molar-refractivity contribution is -0.130. The Morgan fingerprint density at radius 1 is 1.00 bits per heavy atom. The van der Waals surface area contributed by atoms with Gasteiger partial charge < -0.3 is 14.8 Å². The molecule has 0 aromatic heterocycles. The zero-order chi connectivity index (χ0) is 15.6. The van der Waals surface area contributed by atoms with Crippen LogP contribution >= 0.6 is 0 Å². The van der Waals surface area contributed by atoms with E-state index >= 15 is 0 Å². The highest BCUT2D eigenvalue weighted by Gasteiger charge is 2.29. The van der Waals surface area contributed by atoms with Gasteiger partial charge in [-0.15, -0.1) is 0 Å². The van der Waals surface area contributed by atoms with Crippen LogP contribution < -0.4 is 14.8 Å². The fourth-order valence-corrected chi connectivity index (χ4v) is 1.77. The van der Waals surface area contributed by atoms with Gasteiger partial charge in [0.25, 0.3) is 0 Å². The molecular formula is C16H25NO3. The molecule has 112 valence electrons. The zero-order valence-electron chi connectivity index (χ0n) is 13.5. The summed E-state index contributed by atoms with van der Waals surface area (Å²) in [5, 5.41) is 3.07. The highest BCUT2D eigenvalue weighted by Crippen LogP contribution is 2.32. The number of hydrogen-bond donors (Lipinski definition) is 1. The number of carbonyl (C=O) groups excluding carboxylic acids is 1. The highest BCUT2D eigenvalue weighted by molar-refractivity contribution is 5.82. The minimum atomic E-state index is -0.482. The summed E-state index contributed by atoms with van der Waals surface area (Å²) in [6.07, 6.45) is 0. The van der Waals surface area contributed by atoms with Crippen LogP contribution in [0.2, 0.25) is 0 Å². The van der Waals surface area contributed by atoms with Crippen molar-refractivity contribution in [3.8, 4) is 11.5 Å². The Bertz CT molecular complexity index is 487. The predicted octanol–water partition coefficient (Wildman–Crippen LogP) is 3.10. The van der Waals surface area contributed by atoms with Crippen molar-refractivity contribution >= 4 is 5.91 Å². The fourth-order valence-electron chi connectivity index (χ4n) is 1.77. The molecule has 0 aliphatic rings. The van der Waals surface area contributed by atoms with E-state index in [4.69, 9.17) is 9.47 Å². The first kappa shape index (κ1) is 16.3. The molecule has 0 heterocycles. The van der Waals surface area contributed by atoms with Crippen molar-refractivity contribution in [3.05, 3.63) is 23.8 Å².